The lowest BCUT2D eigenvalue weighted by molar-refractivity contribution is 0.122. The number of hydrogen-bond donors (Lipinski definition) is 5. The molecule has 0 spiro atoms. The van der Waals surface area contributed by atoms with E-state index in [1.54, 1.807) is 7.11 Å². The zero-order chi connectivity index (χ0) is 22.1. The van der Waals surface area contributed by atoms with Crippen LogP contribution in [-0.2, 0) is 0 Å². The van der Waals surface area contributed by atoms with Crippen LogP contribution in [0.2, 0.25) is 0 Å². The monoisotopic (exact) mass is 415 g/mol. The Morgan fingerprint density at radius 1 is 1.03 bits per heavy atom. The van der Waals surface area contributed by atoms with Gasteiger partial charge in [0.15, 0.2) is 0 Å². The topological polar surface area (TPSA) is 134 Å². The van der Waals surface area contributed by atoms with Gasteiger partial charge in [0.05, 0.1) is 18.9 Å². The van der Waals surface area contributed by atoms with Crippen molar-refractivity contribution in [2.24, 2.45) is 5.73 Å². The van der Waals surface area contributed by atoms with E-state index in [1.165, 1.54) is 5.56 Å². The van der Waals surface area contributed by atoms with Crippen LogP contribution in [0.4, 0.5) is 21.0 Å². The number of anilines is 2. The molecule has 1 aliphatic carbocycles. The van der Waals surface area contributed by atoms with Gasteiger partial charge in [-0.3, -0.25) is 0 Å². The number of nitrogens with two attached hydrogens (primary N) is 1. The Morgan fingerprint density at radius 2 is 1.63 bits per heavy atom. The Labute approximate surface area is 176 Å². The normalized spacial score (nSPS) is 17.8. The summed E-state index contributed by atoms with van der Waals surface area (Å²) >= 11 is 0. The Morgan fingerprint density at radius 3 is 2.20 bits per heavy atom. The second-order valence-corrected chi connectivity index (χ2v) is 7.25. The standard InChI is InChI=1S/C21H26N2O3.CH3NO2/c1-14-3-12-20(26-2)19(13-14)23-21(25)22-17-8-4-15(5-9-17)16-6-10-18(24)11-7-16;2-1(3)4/h3-5,8-9,12-13,16,18,24H,6-7,10-11H2,1-2H3,(H2,22,23,25);2H2,(H,3,4). The van der Waals surface area contributed by atoms with Gasteiger partial charge in [-0.15, -0.1) is 0 Å². The molecule has 1 aliphatic rings. The van der Waals surface area contributed by atoms with Gasteiger partial charge < -0.3 is 31.3 Å². The first-order chi connectivity index (χ1) is 14.3. The SMILES string of the molecule is COc1ccc(C)cc1NC(=O)Nc1ccc(C2CCC(O)CC2)cc1.NC(=O)O. The minimum Gasteiger partial charge on any atom is -0.495 e. The maximum atomic E-state index is 12.3. The highest BCUT2D eigenvalue weighted by atomic mass is 16.5. The smallest absolute Gasteiger partial charge is 0.402 e. The minimum atomic E-state index is -1.33. The molecule has 2 aromatic rings. The first-order valence-electron chi connectivity index (χ1n) is 9.77. The van der Waals surface area contributed by atoms with Crippen LogP contribution >= 0.6 is 0 Å². The highest BCUT2D eigenvalue weighted by Crippen LogP contribution is 2.33. The van der Waals surface area contributed by atoms with Gasteiger partial charge in [0.25, 0.3) is 0 Å². The Bertz CT molecular complexity index is 842. The highest BCUT2D eigenvalue weighted by Gasteiger charge is 2.20. The lowest BCUT2D eigenvalue weighted by Gasteiger charge is -2.25. The van der Waals surface area contributed by atoms with Crippen molar-refractivity contribution < 1.29 is 24.5 Å². The fourth-order valence-electron chi connectivity index (χ4n) is 3.45. The summed E-state index contributed by atoms with van der Waals surface area (Å²) in [7, 11) is 1.58. The van der Waals surface area contributed by atoms with Crippen molar-refractivity contribution in [3.63, 3.8) is 0 Å². The third-order valence-corrected chi connectivity index (χ3v) is 4.94. The zero-order valence-electron chi connectivity index (χ0n) is 17.2. The van der Waals surface area contributed by atoms with E-state index < -0.39 is 6.09 Å². The van der Waals surface area contributed by atoms with E-state index in [1.807, 2.05) is 37.3 Å². The molecule has 0 unspecified atom stereocenters. The molecule has 0 heterocycles. The quantitative estimate of drug-likeness (QED) is 0.508. The Kier molecular flexibility index (Phi) is 8.49. The molecule has 0 bridgehead atoms. The summed E-state index contributed by atoms with van der Waals surface area (Å²) < 4.78 is 5.28. The van der Waals surface area contributed by atoms with Crippen LogP contribution in [-0.4, -0.2) is 35.6 Å². The van der Waals surface area contributed by atoms with Gasteiger partial charge in [-0.2, -0.15) is 0 Å². The predicted octanol–water partition coefficient (Wildman–Crippen LogP) is 4.29. The van der Waals surface area contributed by atoms with Crippen LogP contribution in [0.15, 0.2) is 42.5 Å². The number of benzene rings is 2. The number of carbonyl (C=O) groups excluding carboxylic acids is 1. The molecule has 6 N–H and O–H groups in total. The van der Waals surface area contributed by atoms with E-state index in [0.29, 0.717) is 17.4 Å². The van der Waals surface area contributed by atoms with E-state index in [4.69, 9.17) is 14.6 Å². The molecule has 0 atom stereocenters. The van der Waals surface area contributed by atoms with E-state index in [2.05, 4.69) is 28.5 Å². The van der Waals surface area contributed by atoms with Crippen LogP contribution < -0.4 is 21.1 Å². The van der Waals surface area contributed by atoms with Crippen LogP contribution in [0.5, 0.6) is 5.75 Å². The van der Waals surface area contributed by atoms with E-state index in [-0.39, 0.29) is 12.1 Å². The Balaban J connectivity index is 0.000000735. The summed E-state index contributed by atoms with van der Waals surface area (Å²) in [5, 5.41) is 22.5. The molecular formula is C22H29N3O5. The van der Waals surface area contributed by atoms with Crippen LogP contribution in [0.1, 0.15) is 42.7 Å². The van der Waals surface area contributed by atoms with E-state index in [0.717, 1.165) is 36.9 Å². The molecule has 1 saturated carbocycles. The Hall–Kier alpha value is -3.26. The second kappa shape index (κ2) is 11.1. The maximum Gasteiger partial charge on any atom is 0.402 e. The molecule has 0 aliphatic heterocycles. The third-order valence-electron chi connectivity index (χ3n) is 4.94. The average molecular weight is 415 g/mol. The number of primary amides is 1. The number of carbonyl (C=O) groups is 2. The fraction of sp³-hybridized carbons (Fsp3) is 0.364. The summed E-state index contributed by atoms with van der Waals surface area (Å²) in [5.41, 5.74) is 7.72. The van der Waals surface area contributed by atoms with Crippen LogP contribution in [0.3, 0.4) is 0 Å². The minimum absolute atomic E-state index is 0.144. The lowest BCUT2D eigenvalue weighted by atomic mass is 9.83. The number of nitrogens with one attached hydrogen (secondary N) is 2. The number of aliphatic hydroxyl groups is 1. The molecule has 8 heteroatoms. The number of methoxy groups -OCH3 is 1. The number of ether oxygens (including phenoxy) is 1. The van der Waals surface area contributed by atoms with Crippen molar-refractivity contribution in [2.45, 2.75) is 44.6 Å². The number of amides is 3. The lowest BCUT2D eigenvalue weighted by Crippen LogP contribution is -2.20. The molecule has 0 radical (unpaired) electrons. The number of hydrogen-bond acceptors (Lipinski definition) is 4. The fourth-order valence-corrected chi connectivity index (χ4v) is 3.45. The molecule has 3 amide bonds. The van der Waals surface area contributed by atoms with Gasteiger partial charge in [0.2, 0.25) is 0 Å². The number of aliphatic hydroxyl groups excluding tert-OH is 1. The van der Waals surface area contributed by atoms with Crippen LogP contribution in [0, 0.1) is 6.92 Å². The summed E-state index contributed by atoms with van der Waals surface area (Å²) in [6.45, 7) is 1.96. The first kappa shape index (κ1) is 23.0. The summed E-state index contributed by atoms with van der Waals surface area (Å²) in [4.78, 5) is 21.1. The summed E-state index contributed by atoms with van der Waals surface area (Å²) in [6.07, 6.45) is 2.29. The van der Waals surface area contributed by atoms with Gasteiger partial charge in [0.1, 0.15) is 5.75 Å². The van der Waals surface area contributed by atoms with E-state index in [9.17, 15) is 9.90 Å². The third kappa shape index (κ3) is 7.29. The summed E-state index contributed by atoms with van der Waals surface area (Å²) in [6, 6.07) is 13.3. The van der Waals surface area contributed by atoms with Crippen molar-refractivity contribution in [3.8, 4) is 5.75 Å². The molecule has 0 aromatic heterocycles. The van der Waals surface area contributed by atoms with Crippen molar-refractivity contribution >= 4 is 23.5 Å². The average Bonchev–Trinajstić information content (AvgIpc) is 2.69. The zero-order valence-corrected chi connectivity index (χ0v) is 17.2. The molecule has 0 saturated heterocycles. The molecule has 30 heavy (non-hydrogen) atoms. The first-order valence-corrected chi connectivity index (χ1v) is 9.77. The molecule has 2 aromatic carbocycles. The van der Waals surface area contributed by atoms with Crippen molar-refractivity contribution in [3.05, 3.63) is 53.6 Å². The van der Waals surface area contributed by atoms with Gasteiger partial charge >= 0.3 is 12.1 Å². The van der Waals surface area contributed by atoms with E-state index >= 15 is 0 Å². The van der Waals surface area contributed by atoms with Gasteiger partial charge in [-0.25, -0.2) is 9.59 Å². The number of aryl methyl sites for hydroxylation is 1. The number of carboxylic acid groups (broad SMARTS) is 1. The molecular weight excluding hydrogens is 386 g/mol. The molecule has 8 nitrogen and oxygen atoms in total. The predicted molar refractivity (Wildman–Crippen MR) is 116 cm³/mol. The van der Waals surface area contributed by atoms with Crippen LogP contribution in [0.25, 0.3) is 0 Å². The number of urea groups is 1. The molecule has 3 rings (SSSR count). The molecule has 1 fully saturated rings. The van der Waals surface area contributed by atoms with Gasteiger partial charge in [-0.1, -0.05) is 18.2 Å². The van der Waals surface area contributed by atoms with Gasteiger partial charge in [0, 0.05) is 5.69 Å². The highest BCUT2D eigenvalue weighted by molar-refractivity contribution is 6.00. The summed E-state index contributed by atoms with van der Waals surface area (Å²) in [5.74, 6) is 1.12. The van der Waals surface area contributed by atoms with Crippen molar-refractivity contribution in [2.75, 3.05) is 17.7 Å². The van der Waals surface area contributed by atoms with Crippen molar-refractivity contribution in [1.29, 1.82) is 0 Å². The molecule has 162 valence electrons. The maximum absolute atomic E-state index is 12.3. The number of rotatable bonds is 4. The largest absolute Gasteiger partial charge is 0.495 e. The van der Waals surface area contributed by atoms with Gasteiger partial charge in [-0.05, 0) is 73.9 Å². The second-order valence-electron chi connectivity index (χ2n) is 7.25. The van der Waals surface area contributed by atoms with Crippen molar-refractivity contribution in [1.82, 2.24) is 0 Å².